The maximum atomic E-state index is 3.73. The number of rotatable bonds is 18. The fourth-order valence-electron chi connectivity index (χ4n) is 3.66. The van der Waals surface area contributed by atoms with Crippen molar-refractivity contribution in [2.24, 2.45) is 0 Å². The van der Waals surface area contributed by atoms with Crippen molar-refractivity contribution in [1.29, 1.82) is 0 Å². The zero-order chi connectivity index (χ0) is 35.0. The van der Waals surface area contributed by atoms with E-state index < -0.39 is 0 Å². The van der Waals surface area contributed by atoms with E-state index in [1.165, 1.54) is 69.4 Å². The third-order valence-corrected chi connectivity index (χ3v) is 6.96. The molecule has 0 spiro atoms. The molecule has 45 heavy (non-hydrogen) atoms. The van der Waals surface area contributed by atoms with Crippen LogP contribution in [0.15, 0.2) is 143 Å². The van der Waals surface area contributed by atoms with Crippen LogP contribution in [-0.2, 0) is 0 Å². The third-order valence-electron chi connectivity index (χ3n) is 6.96. The SMILES string of the molecule is C=C/C(C)=C/C/C=C(\C)CCC=C(C)C.C=C/C(C)=C/C/C=C(\C)CCC=C(C)C.C=C/C(C)=C/C/C=C(\C)CCC=C(C)C. The molecule has 0 bridgehead atoms. The highest BCUT2D eigenvalue weighted by molar-refractivity contribution is 5.17. The molecule has 0 atom stereocenters. The topological polar surface area (TPSA) is 0 Å². The van der Waals surface area contributed by atoms with Gasteiger partial charge in [0.1, 0.15) is 0 Å². The predicted molar refractivity (Wildman–Crippen MR) is 213 cm³/mol. The molecule has 0 nitrogen and oxygen atoms in total. The largest absolute Gasteiger partial charge is 0.0988 e. The Labute approximate surface area is 283 Å². The standard InChI is InChI=1S/3C15H24/c3*1-6-14(4)10-8-12-15(5)11-7-9-13(2)3/h3*6,9-10,12H,1,7-8,11H2,2-5H3/b3*14-10+,15-12+. The summed E-state index contributed by atoms with van der Waals surface area (Å²) >= 11 is 0. The van der Waals surface area contributed by atoms with Crippen molar-refractivity contribution in [3.05, 3.63) is 143 Å². The summed E-state index contributed by atoms with van der Waals surface area (Å²) in [5.74, 6) is 0. The van der Waals surface area contributed by atoms with Gasteiger partial charge in [0.05, 0.1) is 0 Å². The summed E-state index contributed by atoms with van der Waals surface area (Å²) < 4.78 is 0. The Bertz CT molecular complexity index is 954. The lowest BCUT2D eigenvalue weighted by atomic mass is 10.1. The molecule has 0 aliphatic carbocycles. The second-order valence-electron chi connectivity index (χ2n) is 12.8. The zero-order valence-corrected chi connectivity index (χ0v) is 31.9. The smallest absolute Gasteiger partial charge is 0.0161 e. The Balaban J connectivity index is -0.000000588. The van der Waals surface area contributed by atoms with Gasteiger partial charge in [-0.25, -0.2) is 0 Å². The summed E-state index contributed by atoms with van der Waals surface area (Å²) in [6.07, 6.45) is 36.2. The van der Waals surface area contributed by atoms with E-state index in [0.717, 1.165) is 38.5 Å². The van der Waals surface area contributed by atoms with Gasteiger partial charge in [-0.15, -0.1) is 0 Å². The lowest BCUT2D eigenvalue weighted by Crippen LogP contribution is -1.77. The van der Waals surface area contributed by atoms with E-state index in [4.69, 9.17) is 0 Å². The first-order valence-corrected chi connectivity index (χ1v) is 16.9. The van der Waals surface area contributed by atoms with Crippen molar-refractivity contribution in [3.63, 3.8) is 0 Å². The lowest BCUT2D eigenvalue weighted by Gasteiger charge is -1.98. The van der Waals surface area contributed by atoms with Gasteiger partial charge in [-0.2, -0.15) is 0 Å². The second-order valence-corrected chi connectivity index (χ2v) is 12.8. The van der Waals surface area contributed by atoms with E-state index in [2.05, 4.69) is 158 Å². The van der Waals surface area contributed by atoms with Gasteiger partial charge in [0.2, 0.25) is 0 Å². The first-order valence-electron chi connectivity index (χ1n) is 16.9. The number of hydrogen-bond acceptors (Lipinski definition) is 0. The van der Waals surface area contributed by atoms with Crippen LogP contribution < -0.4 is 0 Å². The monoisotopic (exact) mass is 613 g/mol. The van der Waals surface area contributed by atoms with Crippen molar-refractivity contribution in [2.45, 2.75) is 141 Å². The first kappa shape index (κ1) is 46.3. The molecule has 0 rings (SSSR count). The highest BCUT2D eigenvalue weighted by Gasteiger charge is 1.90. The van der Waals surface area contributed by atoms with Gasteiger partial charge in [0.15, 0.2) is 0 Å². The molecule has 0 heteroatoms. The lowest BCUT2D eigenvalue weighted by molar-refractivity contribution is 0.958. The Morgan fingerprint density at radius 2 is 0.556 bits per heavy atom. The zero-order valence-electron chi connectivity index (χ0n) is 31.9. The Hall–Kier alpha value is -3.12. The molecule has 0 aromatic carbocycles. The first-order chi connectivity index (χ1) is 21.2. The van der Waals surface area contributed by atoms with Gasteiger partial charge < -0.3 is 0 Å². The van der Waals surface area contributed by atoms with Crippen molar-refractivity contribution >= 4 is 0 Å². The molecule has 0 radical (unpaired) electrons. The molecule has 0 amide bonds. The maximum Gasteiger partial charge on any atom is -0.0161 e. The van der Waals surface area contributed by atoms with Crippen LogP contribution in [0.25, 0.3) is 0 Å². The second kappa shape index (κ2) is 32.3. The van der Waals surface area contributed by atoms with Crippen LogP contribution in [0.4, 0.5) is 0 Å². The molecule has 0 fully saturated rings. The average molecular weight is 613 g/mol. The van der Waals surface area contributed by atoms with Gasteiger partial charge in [-0.3, -0.25) is 0 Å². The molecule has 0 aliphatic rings. The number of hydrogen-bond donors (Lipinski definition) is 0. The van der Waals surface area contributed by atoms with Crippen molar-refractivity contribution in [1.82, 2.24) is 0 Å². The molecular weight excluding hydrogens is 540 g/mol. The minimum atomic E-state index is 1.03. The molecule has 0 N–H and O–H groups in total. The quantitative estimate of drug-likeness (QED) is 0.107. The maximum absolute atomic E-state index is 3.73. The minimum absolute atomic E-state index is 1.03. The van der Waals surface area contributed by atoms with Crippen LogP contribution in [0.3, 0.4) is 0 Å². The van der Waals surface area contributed by atoms with Crippen LogP contribution in [0.5, 0.6) is 0 Å². The summed E-state index contributed by atoms with van der Waals surface area (Å²) in [5.41, 5.74) is 12.4. The molecule has 0 aromatic heterocycles. The van der Waals surface area contributed by atoms with Crippen LogP contribution in [-0.4, -0.2) is 0 Å². The fourth-order valence-corrected chi connectivity index (χ4v) is 3.66. The molecule has 0 aromatic rings. The summed E-state index contributed by atoms with van der Waals surface area (Å²) in [7, 11) is 0. The molecule has 0 heterocycles. The summed E-state index contributed by atoms with van der Waals surface area (Å²) in [4.78, 5) is 0. The fraction of sp³-hybridized carbons (Fsp3) is 0.467. The van der Waals surface area contributed by atoms with E-state index in [9.17, 15) is 0 Å². The highest BCUT2D eigenvalue weighted by atomic mass is 14.0. The van der Waals surface area contributed by atoms with E-state index >= 15 is 0 Å². The molecule has 0 aliphatic heterocycles. The third kappa shape index (κ3) is 40.9. The molecule has 0 saturated heterocycles. The number of allylic oxidation sites excluding steroid dienone is 21. The molecule has 0 unspecified atom stereocenters. The van der Waals surface area contributed by atoms with Crippen molar-refractivity contribution < 1.29 is 0 Å². The average Bonchev–Trinajstić information content (AvgIpc) is 2.96. The Morgan fingerprint density at radius 3 is 0.733 bits per heavy atom. The van der Waals surface area contributed by atoms with Crippen LogP contribution in [0, 0.1) is 0 Å². The molecule has 0 saturated carbocycles. The highest BCUT2D eigenvalue weighted by Crippen LogP contribution is 2.11. The van der Waals surface area contributed by atoms with Crippen LogP contribution >= 0.6 is 0 Å². The van der Waals surface area contributed by atoms with Gasteiger partial charge in [0, 0.05) is 0 Å². The summed E-state index contributed by atoms with van der Waals surface area (Å²) in [6.45, 7) is 36.9. The Morgan fingerprint density at radius 1 is 0.333 bits per heavy atom. The van der Waals surface area contributed by atoms with Gasteiger partial charge >= 0.3 is 0 Å². The predicted octanol–water partition coefficient (Wildman–Crippen LogP) is 15.6. The summed E-state index contributed by atoms with van der Waals surface area (Å²) in [5, 5.41) is 0. The van der Waals surface area contributed by atoms with Crippen molar-refractivity contribution in [3.8, 4) is 0 Å². The van der Waals surface area contributed by atoms with Crippen LogP contribution in [0.1, 0.15) is 141 Å². The molecule has 252 valence electrons. The van der Waals surface area contributed by atoms with Gasteiger partial charge in [0.25, 0.3) is 0 Å². The Kier molecular flexibility index (Phi) is 33.2. The normalized spacial score (nSPS) is 12.5. The van der Waals surface area contributed by atoms with E-state index in [-0.39, 0.29) is 0 Å². The van der Waals surface area contributed by atoms with Gasteiger partial charge in [-0.1, -0.05) is 143 Å². The summed E-state index contributed by atoms with van der Waals surface area (Å²) in [6, 6.07) is 0. The van der Waals surface area contributed by atoms with E-state index in [1.807, 2.05) is 18.2 Å². The van der Waals surface area contributed by atoms with Crippen molar-refractivity contribution in [2.75, 3.05) is 0 Å². The molecular formula is C45H72. The van der Waals surface area contributed by atoms with Crippen LogP contribution in [0.2, 0.25) is 0 Å². The van der Waals surface area contributed by atoms with Gasteiger partial charge in [-0.05, 0) is 141 Å². The van der Waals surface area contributed by atoms with E-state index in [0.29, 0.717) is 0 Å². The van der Waals surface area contributed by atoms with E-state index in [1.54, 1.807) is 0 Å². The minimum Gasteiger partial charge on any atom is -0.0988 e.